The van der Waals surface area contributed by atoms with Gasteiger partial charge in [0.1, 0.15) is 6.54 Å². The van der Waals surface area contributed by atoms with E-state index >= 15 is 0 Å². The summed E-state index contributed by atoms with van der Waals surface area (Å²) in [5.41, 5.74) is 5.58. The molecular formula is C22H23F3N6O6. The van der Waals surface area contributed by atoms with Crippen LogP contribution in [-0.2, 0) is 23.9 Å². The third kappa shape index (κ3) is 7.95. The van der Waals surface area contributed by atoms with E-state index < -0.39 is 54.8 Å². The van der Waals surface area contributed by atoms with Crippen molar-refractivity contribution >= 4 is 41.3 Å². The number of ether oxygens (including phenoxy) is 1. The van der Waals surface area contributed by atoms with Crippen LogP contribution < -0.4 is 21.3 Å². The molecule has 0 bridgehead atoms. The van der Waals surface area contributed by atoms with Gasteiger partial charge in [-0.3, -0.25) is 24.6 Å². The minimum Gasteiger partial charge on any atom is -0.386 e. The molecule has 12 nitrogen and oxygen atoms in total. The Bertz CT molecular complexity index is 1190. The molecule has 15 heteroatoms. The Morgan fingerprint density at radius 1 is 1.22 bits per heavy atom. The van der Waals surface area contributed by atoms with E-state index in [2.05, 4.69) is 27.2 Å². The number of nitrogens with zero attached hydrogens (tertiary/aromatic N) is 2. The Hall–Kier alpha value is -4.61. The fraction of sp³-hybridized carbons (Fsp3) is 0.364. The number of fused-ring (bicyclic) bond motifs is 1. The molecule has 37 heavy (non-hydrogen) atoms. The zero-order valence-corrected chi connectivity index (χ0v) is 19.7. The first-order chi connectivity index (χ1) is 17.2. The van der Waals surface area contributed by atoms with Crippen molar-refractivity contribution in [1.82, 2.24) is 15.5 Å². The van der Waals surface area contributed by atoms with Gasteiger partial charge in [0, 0.05) is 37.7 Å². The molecule has 1 aliphatic rings. The molecule has 0 aromatic heterocycles. The van der Waals surface area contributed by atoms with Gasteiger partial charge in [0.15, 0.2) is 5.96 Å². The van der Waals surface area contributed by atoms with Gasteiger partial charge in [-0.1, -0.05) is 5.92 Å². The minimum atomic E-state index is -5.37. The second kappa shape index (κ2) is 11.9. The number of carbonyl (C=O) groups excluding carboxylic acids is 5. The first-order valence-electron chi connectivity index (χ1n) is 10.6. The lowest BCUT2D eigenvalue weighted by Crippen LogP contribution is -2.44. The first kappa shape index (κ1) is 28.6. The largest absolute Gasteiger partial charge is 0.491 e. The maximum atomic E-state index is 13.2. The number of amides is 3. The Morgan fingerprint density at radius 3 is 2.49 bits per heavy atom. The Kier molecular flexibility index (Phi) is 9.19. The van der Waals surface area contributed by atoms with E-state index in [9.17, 15) is 37.1 Å². The number of rotatable bonds is 6. The third-order valence-corrected chi connectivity index (χ3v) is 5.01. The van der Waals surface area contributed by atoms with Gasteiger partial charge >= 0.3 is 18.1 Å². The lowest BCUT2D eigenvalue weighted by Gasteiger charge is -2.26. The van der Waals surface area contributed by atoms with E-state index in [4.69, 9.17) is 11.1 Å². The van der Waals surface area contributed by atoms with Crippen molar-refractivity contribution in [2.24, 2.45) is 5.73 Å². The highest BCUT2D eigenvalue weighted by Crippen LogP contribution is 2.27. The van der Waals surface area contributed by atoms with Crippen LogP contribution in [0.3, 0.4) is 0 Å². The molecule has 0 aliphatic carbocycles. The fourth-order valence-electron chi connectivity index (χ4n) is 3.15. The van der Waals surface area contributed by atoms with Gasteiger partial charge < -0.3 is 30.9 Å². The highest BCUT2D eigenvalue weighted by molar-refractivity contribution is 6.10. The van der Waals surface area contributed by atoms with Crippen LogP contribution in [0.2, 0.25) is 0 Å². The van der Waals surface area contributed by atoms with E-state index in [0.29, 0.717) is 0 Å². The molecule has 1 aromatic rings. The van der Waals surface area contributed by atoms with Crippen molar-refractivity contribution in [2.45, 2.75) is 25.6 Å². The van der Waals surface area contributed by atoms with E-state index in [-0.39, 0.29) is 35.9 Å². The third-order valence-electron chi connectivity index (χ3n) is 5.01. The summed E-state index contributed by atoms with van der Waals surface area (Å²) in [6.07, 6.45) is -6.15. The summed E-state index contributed by atoms with van der Waals surface area (Å²) in [6, 6.07) is 3.14. The minimum absolute atomic E-state index is 0.00204. The summed E-state index contributed by atoms with van der Waals surface area (Å²) in [6.45, 7) is 1.17. The summed E-state index contributed by atoms with van der Waals surface area (Å²) >= 11 is 0. The summed E-state index contributed by atoms with van der Waals surface area (Å²) in [5.74, 6) is -1.45. The highest BCUT2D eigenvalue weighted by Gasteiger charge is 2.43. The Balaban J connectivity index is 2.20. The molecule has 1 heterocycles. The van der Waals surface area contributed by atoms with Crippen LogP contribution in [-0.4, -0.2) is 79.4 Å². The fourth-order valence-corrected chi connectivity index (χ4v) is 3.15. The summed E-state index contributed by atoms with van der Waals surface area (Å²) in [4.78, 5) is 62.6. The number of alkyl halides is 3. The first-order valence-corrected chi connectivity index (χ1v) is 10.6. The van der Waals surface area contributed by atoms with Crippen molar-refractivity contribution < 1.29 is 41.9 Å². The Morgan fingerprint density at radius 2 is 1.86 bits per heavy atom. The lowest BCUT2D eigenvalue weighted by molar-refractivity contribution is -0.202. The molecule has 0 saturated carbocycles. The van der Waals surface area contributed by atoms with Crippen LogP contribution >= 0.6 is 0 Å². The molecule has 1 aromatic carbocycles. The second-order valence-electron chi connectivity index (χ2n) is 7.78. The maximum absolute atomic E-state index is 13.2. The number of nitrogens with two attached hydrogens (primary N) is 1. The van der Waals surface area contributed by atoms with Crippen LogP contribution in [0.5, 0.6) is 0 Å². The number of anilines is 1. The zero-order valence-electron chi connectivity index (χ0n) is 19.7. The molecule has 0 saturated heterocycles. The Labute approximate surface area is 208 Å². The molecule has 0 fully saturated rings. The average Bonchev–Trinajstić information content (AvgIpc) is 2.90. The monoisotopic (exact) mass is 524 g/mol. The molecule has 1 aliphatic heterocycles. The zero-order chi connectivity index (χ0) is 27.9. The summed E-state index contributed by atoms with van der Waals surface area (Å²) in [7, 11) is 1.41. The van der Waals surface area contributed by atoms with E-state index in [1.807, 2.05) is 0 Å². The van der Waals surface area contributed by atoms with Gasteiger partial charge in [0.25, 0.3) is 11.8 Å². The summed E-state index contributed by atoms with van der Waals surface area (Å²) < 4.78 is 40.8. The van der Waals surface area contributed by atoms with Crippen LogP contribution in [0.1, 0.15) is 29.3 Å². The number of halogens is 3. The van der Waals surface area contributed by atoms with Gasteiger partial charge in [0.05, 0.1) is 17.7 Å². The van der Waals surface area contributed by atoms with Crippen molar-refractivity contribution in [3.63, 3.8) is 0 Å². The van der Waals surface area contributed by atoms with Crippen LogP contribution in [0, 0.1) is 17.3 Å². The summed E-state index contributed by atoms with van der Waals surface area (Å²) in [5, 5.41) is 12.0. The lowest BCUT2D eigenvalue weighted by atomic mass is 10.1. The van der Waals surface area contributed by atoms with Gasteiger partial charge in [-0.2, -0.15) is 13.2 Å². The normalized spacial score (nSPS) is 14.0. The van der Waals surface area contributed by atoms with Gasteiger partial charge in [0.2, 0.25) is 5.91 Å². The SMILES string of the molecule is CC(CC(=O)OC(=O)C(F)(F)F)N1CC(=O)N(C)c2ccc(C#CC(=O)NCCNC(=N)N)cc2C1=O. The van der Waals surface area contributed by atoms with E-state index in [0.717, 1.165) is 4.90 Å². The van der Waals surface area contributed by atoms with Crippen molar-refractivity contribution in [3.8, 4) is 11.8 Å². The van der Waals surface area contributed by atoms with E-state index in [1.165, 1.54) is 37.1 Å². The van der Waals surface area contributed by atoms with Gasteiger partial charge in [-0.05, 0) is 25.1 Å². The van der Waals surface area contributed by atoms with Gasteiger partial charge in [-0.25, -0.2) is 4.79 Å². The number of carbonyl (C=O) groups is 5. The average molecular weight is 524 g/mol. The molecule has 0 spiro atoms. The topological polar surface area (TPSA) is 175 Å². The standard InChI is InChI=1S/C22H23F3N6O6/c1-12(9-18(34)37-20(36)22(23,24)25)31-11-17(33)30(2)15-5-3-13(10-14(15)19(31)35)4-6-16(32)28-7-8-29-21(26)27/h3,5,10,12H,7-9,11H2,1-2H3,(H,28,32)(H4,26,27,29). The number of likely N-dealkylation sites (N-methyl/N-ethyl adjacent to an activating group) is 1. The molecule has 198 valence electrons. The molecule has 2 rings (SSSR count). The molecule has 0 radical (unpaired) electrons. The maximum Gasteiger partial charge on any atom is 0.491 e. The number of hydrogen-bond donors (Lipinski definition) is 4. The second-order valence-corrected chi connectivity index (χ2v) is 7.78. The predicted octanol–water partition coefficient (Wildman–Crippen LogP) is -0.533. The van der Waals surface area contributed by atoms with E-state index in [1.54, 1.807) is 0 Å². The molecular weight excluding hydrogens is 501 g/mol. The number of nitrogens with one attached hydrogen (secondary N) is 3. The van der Waals surface area contributed by atoms with Crippen molar-refractivity contribution in [3.05, 3.63) is 29.3 Å². The number of guanidine groups is 1. The molecule has 1 atom stereocenters. The van der Waals surface area contributed by atoms with Crippen LogP contribution in [0.15, 0.2) is 18.2 Å². The molecule has 5 N–H and O–H groups in total. The molecule has 3 amide bonds. The van der Waals surface area contributed by atoms with Crippen LogP contribution in [0.25, 0.3) is 0 Å². The number of hydrogen-bond acceptors (Lipinski definition) is 7. The number of esters is 2. The van der Waals surface area contributed by atoms with Crippen molar-refractivity contribution in [1.29, 1.82) is 5.41 Å². The highest BCUT2D eigenvalue weighted by atomic mass is 19.4. The van der Waals surface area contributed by atoms with Crippen LogP contribution in [0.4, 0.5) is 18.9 Å². The predicted molar refractivity (Wildman–Crippen MR) is 122 cm³/mol. The van der Waals surface area contributed by atoms with Crippen molar-refractivity contribution in [2.75, 3.05) is 31.6 Å². The number of benzene rings is 1. The smallest absolute Gasteiger partial charge is 0.386 e. The molecule has 1 unspecified atom stereocenters. The quantitative estimate of drug-likeness (QED) is 0.0959. The van der Waals surface area contributed by atoms with Gasteiger partial charge in [-0.15, -0.1) is 0 Å².